The molecule has 0 atom stereocenters. The molecular formula is C11H8F3N3O2. The zero-order valence-electron chi connectivity index (χ0n) is 9.65. The van der Waals surface area contributed by atoms with Crippen LogP contribution in [0.15, 0.2) is 28.7 Å². The molecule has 100 valence electrons. The van der Waals surface area contributed by atoms with Crippen LogP contribution in [0.4, 0.5) is 19.2 Å². The predicted molar refractivity (Wildman–Crippen MR) is 59.0 cm³/mol. The molecule has 0 radical (unpaired) electrons. The fraction of sp³-hybridized carbons (Fsp3) is 0.182. The third kappa shape index (κ3) is 3.09. The van der Waals surface area contributed by atoms with Crippen LogP contribution in [-0.2, 0) is 11.0 Å². The molecule has 0 bridgehead atoms. The SMILES string of the molecule is CC(=O)Nc1nnc(-c2ccc(C(F)(F)F)cc2)o1. The van der Waals surface area contributed by atoms with Gasteiger partial charge in [0.15, 0.2) is 0 Å². The number of halogens is 3. The number of hydrogen-bond donors (Lipinski definition) is 1. The molecule has 8 heteroatoms. The Bertz CT molecular complexity index is 590. The lowest BCUT2D eigenvalue weighted by Gasteiger charge is -2.05. The van der Waals surface area contributed by atoms with E-state index < -0.39 is 11.7 Å². The average Bonchev–Trinajstić information content (AvgIpc) is 2.75. The van der Waals surface area contributed by atoms with Gasteiger partial charge in [-0.15, -0.1) is 5.10 Å². The van der Waals surface area contributed by atoms with E-state index in [9.17, 15) is 18.0 Å². The molecule has 0 saturated heterocycles. The summed E-state index contributed by atoms with van der Waals surface area (Å²) in [5, 5.41) is 9.42. The number of benzene rings is 1. The van der Waals surface area contributed by atoms with E-state index >= 15 is 0 Å². The van der Waals surface area contributed by atoms with E-state index in [4.69, 9.17) is 4.42 Å². The first-order valence-electron chi connectivity index (χ1n) is 5.15. The summed E-state index contributed by atoms with van der Waals surface area (Å²) >= 11 is 0. The average molecular weight is 271 g/mol. The zero-order valence-corrected chi connectivity index (χ0v) is 9.65. The van der Waals surface area contributed by atoms with Gasteiger partial charge >= 0.3 is 12.2 Å². The van der Waals surface area contributed by atoms with Gasteiger partial charge in [0, 0.05) is 12.5 Å². The maximum Gasteiger partial charge on any atom is 0.416 e. The summed E-state index contributed by atoms with van der Waals surface area (Å²) in [5.41, 5.74) is -0.435. The zero-order chi connectivity index (χ0) is 14.0. The lowest BCUT2D eigenvalue weighted by molar-refractivity contribution is -0.137. The molecule has 0 aliphatic heterocycles. The van der Waals surface area contributed by atoms with Crippen molar-refractivity contribution in [2.75, 3.05) is 5.32 Å². The maximum absolute atomic E-state index is 12.4. The number of nitrogens with one attached hydrogen (secondary N) is 1. The van der Waals surface area contributed by atoms with Crippen molar-refractivity contribution in [3.63, 3.8) is 0 Å². The molecule has 0 fully saturated rings. The number of hydrogen-bond acceptors (Lipinski definition) is 4. The van der Waals surface area contributed by atoms with Crippen LogP contribution in [0.5, 0.6) is 0 Å². The van der Waals surface area contributed by atoms with Crippen LogP contribution >= 0.6 is 0 Å². The molecule has 2 rings (SSSR count). The highest BCUT2D eigenvalue weighted by Crippen LogP contribution is 2.30. The molecule has 0 saturated carbocycles. The fourth-order valence-corrected chi connectivity index (χ4v) is 1.34. The van der Waals surface area contributed by atoms with Crippen molar-refractivity contribution in [2.45, 2.75) is 13.1 Å². The first kappa shape index (κ1) is 13.1. The second-order valence-corrected chi connectivity index (χ2v) is 3.67. The van der Waals surface area contributed by atoms with Crippen molar-refractivity contribution in [1.82, 2.24) is 10.2 Å². The van der Waals surface area contributed by atoms with E-state index in [-0.39, 0.29) is 17.8 Å². The van der Waals surface area contributed by atoms with Gasteiger partial charge in [-0.3, -0.25) is 10.1 Å². The number of rotatable bonds is 2. The van der Waals surface area contributed by atoms with Crippen LogP contribution in [0.3, 0.4) is 0 Å². The molecule has 0 aliphatic carbocycles. The van der Waals surface area contributed by atoms with Gasteiger partial charge in [-0.2, -0.15) is 13.2 Å². The van der Waals surface area contributed by atoms with E-state index in [1.807, 2.05) is 0 Å². The number of carbonyl (C=O) groups is 1. The second-order valence-electron chi connectivity index (χ2n) is 3.67. The molecule has 1 N–H and O–H groups in total. The summed E-state index contributed by atoms with van der Waals surface area (Å²) in [5.74, 6) is -0.361. The Morgan fingerprint density at radius 1 is 1.21 bits per heavy atom. The Labute approximate surface area is 105 Å². The number of nitrogens with zero attached hydrogens (tertiary/aromatic N) is 2. The number of alkyl halides is 3. The number of amides is 1. The molecule has 2 aromatic rings. The van der Waals surface area contributed by atoms with Gasteiger partial charge in [0.05, 0.1) is 5.56 Å². The van der Waals surface area contributed by atoms with E-state index in [1.165, 1.54) is 19.1 Å². The van der Waals surface area contributed by atoms with Gasteiger partial charge in [-0.05, 0) is 24.3 Å². The molecular weight excluding hydrogens is 263 g/mol. The van der Waals surface area contributed by atoms with E-state index in [0.29, 0.717) is 5.56 Å². The quantitative estimate of drug-likeness (QED) is 0.911. The Kier molecular flexibility index (Phi) is 3.24. The molecule has 1 aromatic carbocycles. The number of aromatic nitrogens is 2. The van der Waals surface area contributed by atoms with Crippen molar-refractivity contribution in [1.29, 1.82) is 0 Å². The Hall–Kier alpha value is -2.38. The molecule has 1 heterocycles. The third-order valence-corrected chi connectivity index (χ3v) is 2.17. The van der Waals surface area contributed by atoms with Crippen molar-refractivity contribution < 1.29 is 22.4 Å². The summed E-state index contributed by atoms with van der Waals surface area (Å²) in [6, 6.07) is 4.15. The van der Waals surface area contributed by atoms with E-state index in [1.54, 1.807) is 0 Å². The lowest BCUT2D eigenvalue weighted by atomic mass is 10.1. The standard InChI is InChI=1S/C11H8F3N3O2/c1-6(18)15-10-17-16-9(19-10)7-2-4-8(5-3-7)11(12,13)14/h2-5H,1H3,(H,15,17,18). The minimum Gasteiger partial charge on any atom is -0.403 e. The summed E-state index contributed by atoms with van der Waals surface area (Å²) in [7, 11) is 0. The molecule has 1 aromatic heterocycles. The van der Waals surface area contributed by atoms with Gasteiger partial charge in [0.25, 0.3) is 0 Å². The Morgan fingerprint density at radius 3 is 2.37 bits per heavy atom. The first-order chi connectivity index (χ1) is 8.86. The topological polar surface area (TPSA) is 68.0 Å². The summed E-state index contributed by atoms with van der Waals surface area (Å²) in [6.07, 6.45) is -4.39. The molecule has 1 amide bonds. The largest absolute Gasteiger partial charge is 0.416 e. The Balaban J connectivity index is 2.23. The van der Waals surface area contributed by atoms with E-state index in [0.717, 1.165) is 12.1 Å². The molecule has 0 spiro atoms. The van der Waals surface area contributed by atoms with Gasteiger partial charge in [-0.1, -0.05) is 5.10 Å². The van der Waals surface area contributed by atoms with Gasteiger partial charge in [-0.25, -0.2) is 0 Å². The normalized spacial score (nSPS) is 11.4. The van der Waals surface area contributed by atoms with Gasteiger partial charge < -0.3 is 4.42 Å². The van der Waals surface area contributed by atoms with Crippen LogP contribution < -0.4 is 5.32 Å². The van der Waals surface area contributed by atoms with Crippen molar-refractivity contribution in [3.8, 4) is 11.5 Å². The molecule has 0 aliphatic rings. The monoisotopic (exact) mass is 271 g/mol. The van der Waals surface area contributed by atoms with Crippen molar-refractivity contribution in [2.24, 2.45) is 0 Å². The Morgan fingerprint density at radius 2 is 1.84 bits per heavy atom. The van der Waals surface area contributed by atoms with Crippen LogP contribution in [0.25, 0.3) is 11.5 Å². The van der Waals surface area contributed by atoms with Crippen LogP contribution in [0.2, 0.25) is 0 Å². The van der Waals surface area contributed by atoms with Gasteiger partial charge in [0.1, 0.15) is 0 Å². The van der Waals surface area contributed by atoms with E-state index in [2.05, 4.69) is 15.5 Å². The van der Waals surface area contributed by atoms with Gasteiger partial charge in [0.2, 0.25) is 11.8 Å². The van der Waals surface area contributed by atoms with Crippen LogP contribution in [0.1, 0.15) is 12.5 Å². The van der Waals surface area contributed by atoms with Crippen LogP contribution in [0, 0.1) is 0 Å². The molecule has 0 unspecified atom stereocenters. The minimum atomic E-state index is -4.39. The predicted octanol–water partition coefficient (Wildman–Crippen LogP) is 2.71. The summed E-state index contributed by atoms with van der Waals surface area (Å²) in [4.78, 5) is 10.8. The highest BCUT2D eigenvalue weighted by Gasteiger charge is 2.30. The summed E-state index contributed by atoms with van der Waals surface area (Å²) < 4.78 is 42.2. The highest BCUT2D eigenvalue weighted by atomic mass is 19.4. The minimum absolute atomic E-state index is 0.0254. The maximum atomic E-state index is 12.4. The van der Waals surface area contributed by atoms with Crippen molar-refractivity contribution >= 4 is 11.9 Å². The number of anilines is 1. The number of carbonyl (C=O) groups excluding carboxylic acids is 1. The smallest absolute Gasteiger partial charge is 0.403 e. The fourth-order valence-electron chi connectivity index (χ4n) is 1.34. The highest BCUT2D eigenvalue weighted by molar-refractivity contribution is 5.86. The summed E-state index contributed by atoms with van der Waals surface area (Å²) in [6.45, 7) is 1.27. The molecule has 19 heavy (non-hydrogen) atoms. The third-order valence-electron chi connectivity index (χ3n) is 2.17. The lowest BCUT2D eigenvalue weighted by Crippen LogP contribution is -2.05. The van der Waals surface area contributed by atoms with Crippen LogP contribution in [-0.4, -0.2) is 16.1 Å². The van der Waals surface area contributed by atoms with Crippen molar-refractivity contribution in [3.05, 3.63) is 29.8 Å². The second kappa shape index (κ2) is 4.71. The first-order valence-corrected chi connectivity index (χ1v) is 5.15. The molecule has 5 nitrogen and oxygen atoms in total.